The highest BCUT2D eigenvalue weighted by atomic mass is 32.1. The fourth-order valence-corrected chi connectivity index (χ4v) is 3.94. The molecule has 7 heteroatoms. The van der Waals surface area contributed by atoms with Gasteiger partial charge in [-0.2, -0.15) is 0 Å². The lowest BCUT2D eigenvalue weighted by molar-refractivity contribution is -0.114. The van der Waals surface area contributed by atoms with Crippen LogP contribution >= 0.6 is 11.3 Å². The maximum Gasteiger partial charge on any atom is 0.273 e. The Hall–Kier alpha value is -2.15. The first-order valence-corrected chi connectivity index (χ1v) is 9.09. The minimum atomic E-state index is -0.181. The van der Waals surface area contributed by atoms with Gasteiger partial charge in [0.1, 0.15) is 5.69 Å². The fourth-order valence-electron chi connectivity index (χ4n) is 3.21. The van der Waals surface area contributed by atoms with Crippen LogP contribution in [0.1, 0.15) is 54.8 Å². The molecular weight excluding hydrogens is 324 g/mol. The summed E-state index contributed by atoms with van der Waals surface area (Å²) in [5.74, 6) is -0.240. The SMILES string of the molecule is CC(=O)Nc1nc(C(=O)N2CCCCCC2c2cccn2C)cs1. The summed E-state index contributed by atoms with van der Waals surface area (Å²) in [5.41, 5.74) is 1.56. The van der Waals surface area contributed by atoms with Gasteiger partial charge in [0.05, 0.1) is 6.04 Å². The van der Waals surface area contributed by atoms with E-state index in [0.717, 1.165) is 37.9 Å². The maximum absolute atomic E-state index is 13.0. The molecule has 1 saturated heterocycles. The van der Waals surface area contributed by atoms with Gasteiger partial charge in [0.25, 0.3) is 5.91 Å². The lowest BCUT2D eigenvalue weighted by atomic mass is 10.1. The second-order valence-electron chi connectivity index (χ2n) is 6.13. The van der Waals surface area contributed by atoms with Gasteiger partial charge >= 0.3 is 0 Å². The van der Waals surface area contributed by atoms with Crippen molar-refractivity contribution >= 4 is 28.3 Å². The number of likely N-dealkylation sites (tertiary alicyclic amines) is 1. The van der Waals surface area contributed by atoms with Crippen LogP contribution in [0.2, 0.25) is 0 Å². The molecule has 1 fully saturated rings. The smallest absolute Gasteiger partial charge is 0.273 e. The number of hydrogen-bond donors (Lipinski definition) is 1. The second kappa shape index (κ2) is 7.17. The molecule has 0 spiro atoms. The van der Waals surface area contributed by atoms with E-state index in [0.29, 0.717) is 10.8 Å². The van der Waals surface area contributed by atoms with Crippen molar-refractivity contribution in [1.82, 2.24) is 14.5 Å². The molecule has 2 amide bonds. The molecule has 1 unspecified atom stereocenters. The van der Waals surface area contributed by atoms with Crippen molar-refractivity contribution in [3.63, 3.8) is 0 Å². The number of thiazole rings is 1. The summed E-state index contributed by atoms with van der Waals surface area (Å²) >= 11 is 1.28. The van der Waals surface area contributed by atoms with Crippen LogP contribution < -0.4 is 5.32 Å². The molecule has 6 nitrogen and oxygen atoms in total. The zero-order chi connectivity index (χ0) is 17.1. The fraction of sp³-hybridized carbons (Fsp3) is 0.471. The molecule has 1 aliphatic rings. The average molecular weight is 346 g/mol. The highest BCUT2D eigenvalue weighted by Gasteiger charge is 2.30. The normalized spacial score (nSPS) is 18.2. The number of nitrogens with one attached hydrogen (secondary N) is 1. The van der Waals surface area contributed by atoms with Gasteiger partial charge in [-0.25, -0.2) is 4.98 Å². The van der Waals surface area contributed by atoms with Crippen molar-refractivity contribution in [1.29, 1.82) is 0 Å². The van der Waals surface area contributed by atoms with Crippen molar-refractivity contribution in [3.8, 4) is 0 Å². The summed E-state index contributed by atoms with van der Waals surface area (Å²) in [5, 5.41) is 4.83. The lowest BCUT2D eigenvalue weighted by Gasteiger charge is -2.30. The molecular formula is C17H22N4O2S. The van der Waals surface area contributed by atoms with Crippen LogP contribution in [-0.4, -0.2) is 32.8 Å². The zero-order valence-electron chi connectivity index (χ0n) is 14.0. The van der Waals surface area contributed by atoms with Crippen molar-refractivity contribution < 1.29 is 9.59 Å². The molecule has 3 rings (SSSR count). The third-order valence-electron chi connectivity index (χ3n) is 4.35. The molecule has 0 radical (unpaired) electrons. The number of aryl methyl sites for hydroxylation is 1. The minimum Gasteiger partial charge on any atom is -0.353 e. The Bertz CT molecular complexity index is 737. The van der Waals surface area contributed by atoms with Crippen LogP contribution in [0, 0.1) is 0 Å². The monoisotopic (exact) mass is 346 g/mol. The Kier molecular flexibility index (Phi) is 4.99. The van der Waals surface area contributed by atoms with Gasteiger partial charge < -0.3 is 14.8 Å². The van der Waals surface area contributed by atoms with Gasteiger partial charge in [0.15, 0.2) is 5.13 Å². The van der Waals surface area contributed by atoms with Crippen LogP contribution in [0.3, 0.4) is 0 Å². The minimum absolute atomic E-state index is 0.0593. The topological polar surface area (TPSA) is 67.2 Å². The number of amides is 2. The number of nitrogens with zero attached hydrogens (tertiary/aromatic N) is 3. The molecule has 0 aromatic carbocycles. The molecule has 1 N–H and O–H groups in total. The number of rotatable bonds is 3. The number of carbonyl (C=O) groups is 2. The van der Waals surface area contributed by atoms with E-state index >= 15 is 0 Å². The molecule has 24 heavy (non-hydrogen) atoms. The summed E-state index contributed by atoms with van der Waals surface area (Å²) in [4.78, 5) is 30.4. The summed E-state index contributed by atoms with van der Waals surface area (Å²) in [6, 6.07) is 4.17. The molecule has 0 saturated carbocycles. The number of aromatic nitrogens is 2. The molecule has 3 heterocycles. The number of hydrogen-bond acceptors (Lipinski definition) is 4. The Morgan fingerprint density at radius 2 is 2.17 bits per heavy atom. The van der Waals surface area contributed by atoms with Crippen molar-refractivity contribution in [2.24, 2.45) is 7.05 Å². The first-order chi connectivity index (χ1) is 11.6. The van der Waals surface area contributed by atoms with Crippen molar-refractivity contribution in [3.05, 3.63) is 35.1 Å². The second-order valence-corrected chi connectivity index (χ2v) is 6.98. The zero-order valence-corrected chi connectivity index (χ0v) is 14.8. The number of carbonyl (C=O) groups excluding carboxylic acids is 2. The average Bonchev–Trinajstić information content (AvgIpc) is 3.09. The van der Waals surface area contributed by atoms with Gasteiger partial charge in [0.2, 0.25) is 5.91 Å². The molecule has 128 valence electrons. The Morgan fingerprint density at radius 3 is 2.88 bits per heavy atom. The van der Waals surface area contributed by atoms with E-state index in [4.69, 9.17) is 0 Å². The highest BCUT2D eigenvalue weighted by Crippen LogP contribution is 2.31. The first kappa shape index (κ1) is 16.7. The molecule has 2 aromatic heterocycles. The maximum atomic E-state index is 13.0. The summed E-state index contributed by atoms with van der Waals surface area (Å²) < 4.78 is 2.08. The lowest BCUT2D eigenvalue weighted by Crippen LogP contribution is -2.35. The molecule has 0 bridgehead atoms. The van der Waals surface area contributed by atoms with Crippen LogP contribution in [0.25, 0.3) is 0 Å². The molecule has 2 aromatic rings. The van der Waals surface area contributed by atoms with Crippen molar-refractivity contribution in [2.75, 3.05) is 11.9 Å². The van der Waals surface area contributed by atoms with Crippen LogP contribution in [0.5, 0.6) is 0 Å². The third kappa shape index (κ3) is 3.51. The standard InChI is InChI=1S/C17H22N4O2S/c1-12(22)18-17-19-13(11-24-17)16(23)21-10-5-3-4-7-15(21)14-8-6-9-20(14)2/h6,8-9,11,15H,3-5,7,10H2,1-2H3,(H,18,19,22). The van der Waals surface area contributed by atoms with Gasteiger partial charge in [-0.15, -0.1) is 11.3 Å². The number of anilines is 1. The molecule has 1 aliphatic heterocycles. The van der Waals surface area contributed by atoms with Gasteiger partial charge in [-0.3, -0.25) is 9.59 Å². The highest BCUT2D eigenvalue weighted by molar-refractivity contribution is 7.14. The van der Waals surface area contributed by atoms with Crippen LogP contribution in [0.15, 0.2) is 23.7 Å². The van der Waals surface area contributed by atoms with E-state index in [1.807, 2.05) is 24.2 Å². The first-order valence-electron chi connectivity index (χ1n) is 8.21. The Labute approximate surface area is 145 Å². The van der Waals surface area contributed by atoms with Gasteiger partial charge in [-0.1, -0.05) is 12.8 Å². The predicted octanol–water partition coefficient (Wildman–Crippen LogP) is 3.20. The predicted molar refractivity (Wildman–Crippen MR) is 94.1 cm³/mol. The van der Waals surface area contributed by atoms with Gasteiger partial charge in [-0.05, 0) is 25.0 Å². The summed E-state index contributed by atoms with van der Waals surface area (Å²) in [6.07, 6.45) is 6.25. The van der Waals surface area contributed by atoms with Crippen molar-refractivity contribution in [2.45, 2.75) is 38.6 Å². The molecule has 1 atom stereocenters. The van der Waals surface area contributed by atoms with E-state index < -0.39 is 0 Å². The molecule has 0 aliphatic carbocycles. The van der Waals surface area contributed by atoms with E-state index in [-0.39, 0.29) is 17.9 Å². The largest absolute Gasteiger partial charge is 0.353 e. The third-order valence-corrected chi connectivity index (χ3v) is 5.10. The van der Waals surface area contributed by atoms with E-state index in [9.17, 15) is 9.59 Å². The van der Waals surface area contributed by atoms with E-state index in [2.05, 4.69) is 20.9 Å². The summed E-state index contributed by atoms with van der Waals surface area (Å²) in [6.45, 7) is 2.17. The van der Waals surface area contributed by atoms with Crippen LogP contribution in [0.4, 0.5) is 5.13 Å². The Balaban J connectivity index is 1.86. The Morgan fingerprint density at radius 1 is 1.33 bits per heavy atom. The summed E-state index contributed by atoms with van der Waals surface area (Å²) in [7, 11) is 2.01. The quantitative estimate of drug-likeness (QED) is 0.928. The van der Waals surface area contributed by atoms with Gasteiger partial charge in [0, 0.05) is 37.8 Å². The van der Waals surface area contributed by atoms with E-state index in [1.54, 1.807) is 5.38 Å². The van der Waals surface area contributed by atoms with Crippen LogP contribution in [-0.2, 0) is 11.8 Å². The van der Waals surface area contributed by atoms with E-state index in [1.165, 1.54) is 18.3 Å².